The molecule has 1 aromatic carbocycles. The van der Waals surface area contributed by atoms with Crippen LogP contribution in [0.15, 0.2) is 49.1 Å². The van der Waals surface area contributed by atoms with Crippen LogP contribution in [0.3, 0.4) is 0 Å². The Morgan fingerprint density at radius 3 is 2.88 bits per heavy atom. The van der Waals surface area contributed by atoms with E-state index in [4.69, 9.17) is 11.6 Å². The fraction of sp³-hybridized carbons (Fsp3) is 0.0769. The number of fused-ring (bicyclic) bond motifs is 1. The van der Waals surface area contributed by atoms with Gasteiger partial charge in [-0.25, -0.2) is 9.97 Å². The number of benzene rings is 1. The second-order valence-corrected chi connectivity index (χ2v) is 4.03. The molecule has 0 spiro atoms. The molecular formula is C13H10ClN3. The zero-order valence-electron chi connectivity index (χ0n) is 9.05. The lowest BCUT2D eigenvalue weighted by atomic mass is 10.1. The van der Waals surface area contributed by atoms with Gasteiger partial charge in [0.1, 0.15) is 12.1 Å². The highest BCUT2D eigenvalue weighted by molar-refractivity contribution is 6.17. The van der Waals surface area contributed by atoms with Crippen LogP contribution in [0.2, 0.25) is 0 Å². The van der Waals surface area contributed by atoms with Crippen molar-refractivity contribution in [2.24, 2.45) is 0 Å². The molecular weight excluding hydrogens is 234 g/mol. The predicted molar refractivity (Wildman–Crippen MR) is 68.4 cm³/mol. The van der Waals surface area contributed by atoms with Crippen LogP contribution in [0.4, 0.5) is 0 Å². The molecule has 3 rings (SSSR count). The maximum absolute atomic E-state index is 5.98. The van der Waals surface area contributed by atoms with Gasteiger partial charge in [0.15, 0.2) is 0 Å². The molecule has 0 unspecified atom stereocenters. The fourth-order valence-corrected chi connectivity index (χ4v) is 2.05. The van der Waals surface area contributed by atoms with E-state index in [9.17, 15) is 0 Å². The minimum absolute atomic E-state index is 0.436. The first-order valence-electron chi connectivity index (χ1n) is 5.31. The highest BCUT2D eigenvalue weighted by Gasteiger charge is 2.07. The number of alkyl halides is 1. The number of halogens is 1. The SMILES string of the molecule is ClCc1cc2ccccc2nc1-n1ccnc1. The Labute approximate surface area is 104 Å². The molecule has 0 fully saturated rings. The van der Waals surface area contributed by atoms with Gasteiger partial charge in [0.05, 0.1) is 11.4 Å². The standard InChI is InChI=1S/C13H10ClN3/c14-8-11-7-10-3-1-2-4-12(10)16-13(11)17-6-5-15-9-17/h1-7,9H,8H2. The topological polar surface area (TPSA) is 30.7 Å². The van der Waals surface area contributed by atoms with Crippen molar-refractivity contribution in [3.05, 3.63) is 54.6 Å². The second-order valence-electron chi connectivity index (χ2n) is 3.77. The van der Waals surface area contributed by atoms with Crippen LogP contribution < -0.4 is 0 Å². The lowest BCUT2D eigenvalue weighted by Gasteiger charge is -2.08. The summed E-state index contributed by atoms with van der Waals surface area (Å²) in [5.41, 5.74) is 1.97. The molecule has 0 radical (unpaired) electrons. The molecule has 0 aliphatic heterocycles. The summed E-state index contributed by atoms with van der Waals surface area (Å²) in [7, 11) is 0. The van der Waals surface area contributed by atoms with E-state index >= 15 is 0 Å². The number of hydrogen-bond donors (Lipinski definition) is 0. The number of aromatic nitrogens is 3. The van der Waals surface area contributed by atoms with E-state index in [0.29, 0.717) is 5.88 Å². The molecule has 4 heteroatoms. The van der Waals surface area contributed by atoms with Crippen molar-refractivity contribution < 1.29 is 0 Å². The molecule has 0 aliphatic rings. The molecule has 0 atom stereocenters. The molecule has 0 aliphatic carbocycles. The van der Waals surface area contributed by atoms with Gasteiger partial charge in [0.2, 0.25) is 0 Å². The maximum atomic E-state index is 5.98. The Bertz CT molecular complexity index is 647. The van der Waals surface area contributed by atoms with Crippen LogP contribution in [0.5, 0.6) is 0 Å². The Morgan fingerprint density at radius 2 is 2.12 bits per heavy atom. The summed E-state index contributed by atoms with van der Waals surface area (Å²) in [5, 5.41) is 1.10. The first kappa shape index (κ1) is 10.3. The zero-order chi connectivity index (χ0) is 11.7. The summed E-state index contributed by atoms with van der Waals surface area (Å²) < 4.78 is 1.88. The normalized spacial score (nSPS) is 10.9. The van der Waals surface area contributed by atoms with Crippen LogP contribution in [-0.4, -0.2) is 14.5 Å². The number of nitrogens with zero attached hydrogens (tertiary/aromatic N) is 3. The van der Waals surface area contributed by atoms with Gasteiger partial charge in [-0.05, 0) is 12.1 Å². The highest BCUT2D eigenvalue weighted by atomic mass is 35.5. The molecule has 0 bridgehead atoms. The van der Waals surface area contributed by atoms with Crippen molar-refractivity contribution in [3.63, 3.8) is 0 Å². The van der Waals surface area contributed by atoms with E-state index < -0.39 is 0 Å². The maximum Gasteiger partial charge on any atom is 0.143 e. The van der Waals surface area contributed by atoms with Gasteiger partial charge in [-0.1, -0.05) is 18.2 Å². The molecule has 84 valence electrons. The summed E-state index contributed by atoms with van der Waals surface area (Å²) in [6.07, 6.45) is 5.33. The average Bonchev–Trinajstić information content (AvgIpc) is 2.91. The van der Waals surface area contributed by atoms with Gasteiger partial charge in [-0.2, -0.15) is 0 Å². The number of imidazole rings is 1. The number of hydrogen-bond acceptors (Lipinski definition) is 2. The van der Waals surface area contributed by atoms with Gasteiger partial charge in [0.25, 0.3) is 0 Å². The molecule has 0 saturated heterocycles. The van der Waals surface area contributed by atoms with E-state index in [2.05, 4.69) is 16.0 Å². The van der Waals surface area contributed by atoms with Crippen molar-refractivity contribution in [3.8, 4) is 5.82 Å². The Balaban J connectivity index is 2.29. The molecule has 2 aromatic heterocycles. The Kier molecular flexibility index (Phi) is 2.53. The Morgan fingerprint density at radius 1 is 1.24 bits per heavy atom. The lowest BCUT2D eigenvalue weighted by molar-refractivity contribution is 0.984. The minimum Gasteiger partial charge on any atom is -0.290 e. The van der Waals surface area contributed by atoms with Crippen molar-refractivity contribution >= 4 is 22.5 Å². The third-order valence-electron chi connectivity index (χ3n) is 2.67. The summed E-state index contributed by atoms with van der Waals surface area (Å²) in [5.74, 6) is 1.28. The third kappa shape index (κ3) is 1.78. The van der Waals surface area contributed by atoms with Crippen molar-refractivity contribution in [2.45, 2.75) is 5.88 Å². The predicted octanol–water partition coefficient (Wildman–Crippen LogP) is 3.16. The number of pyridine rings is 1. The van der Waals surface area contributed by atoms with E-state index in [1.165, 1.54) is 0 Å². The minimum atomic E-state index is 0.436. The van der Waals surface area contributed by atoms with Crippen LogP contribution in [0.25, 0.3) is 16.7 Å². The molecule has 3 aromatic rings. The summed E-state index contributed by atoms with van der Waals surface area (Å²) in [4.78, 5) is 8.66. The van der Waals surface area contributed by atoms with Crippen LogP contribution in [-0.2, 0) is 5.88 Å². The second kappa shape index (κ2) is 4.18. The molecule has 2 heterocycles. The molecule has 0 saturated carbocycles. The van der Waals surface area contributed by atoms with Crippen molar-refractivity contribution in [1.29, 1.82) is 0 Å². The van der Waals surface area contributed by atoms with E-state index in [1.54, 1.807) is 12.5 Å². The smallest absolute Gasteiger partial charge is 0.143 e. The largest absolute Gasteiger partial charge is 0.290 e. The van der Waals surface area contributed by atoms with Crippen LogP contribution in [0, 0.1) is 0 Å². The first-order valence-corrected chi connectivity index (χ1v) is 5.85. The van der Waals surface area contributed by atoms with Gasteiger partial charge in [0, 0.05) is 23.3 Å². The lowest BCUT2D eigenvalue weighted by Crippen LogP contribution is -2.00. The summed E-state index contributed by atoms with van der Waals surface area (Å²) >= 11 is 5.98. The quantitative estimate of drug-likeness (QED) is 0.648. The highest BCUT2D eigenvalue weighted by Crippen LogP contribution is 2.20. The summed E-state index contributed by atoms with van der Waals surface area (Å²) in [6.45, 7) is 0. The van der Waals surface area contributed by atoms with Gasteiger partial charge >= 0.3 is 0 Å². The van der Waals surface area contributed by atoms with Crippen LogP contribution in [0.1, 0.15) is 5.56 Å². The third-order valence-corrected chi connectivity index (χ3v) is 2.96. The monoisotopic (exact) mass is 243 g/mol. The van der Waals surface area contributed by atoms with E-state index in [0.717, 1.165) is 22.3 Å². The summed E-state index contributed by atoms with van der Waals surface area (Å²) in [6, 6.07) is 10.1. The van der Waals surface area contributed by atoms with Crippen LogP contribution >= 0.6 is 11.6 Å². The van der Waals surface area contributed by atoms with Crippen molar-refractivity contribution in [1.82, 2.24) is 14.5 Å². The first-order chi connectivity index (χ1) is 8.38. The van der Waals surface area contributed by atoms with E-state index in [1.807, 2.05) is 35.0 Å². The molecule has 0 N–H and O–H groups in total. The molecule has 17 heavy (non-hydrogen) atoms. The number of para-hydroxylation sites is 1. The number of rotatable bonds is 2. The average molecular weight is 244 g/mol. The van der Waals surface area contributed by atoms with Gasteiger partial charge < -0.3 is 0 Å². The fourth-order valence-electron chi connectivity index (χ4n) is 1.86. The zero-order valence-corrected chi connectivity index (χ0v) is 9.80. The van der Waals surface area contributed by atoms with E-state index in [-0.39, 0.29) is 0 Å². The van der Waals surface area contributed by atoms with Crippen molar-refractivity contribution in [2.75, 3.05) is 0 Å². The molecule has 0 amide bonds. The van der Waals surface area contributed by atoms with Gasteiger partial charge in [-0.3, -0.25) is 4.57 Å². The molecule has 3 nitrogen and oxygen atoms in total. The van der Waals surface area contributed by atoms with Gasteiger partial charge in [-0.15, -0.1) is 11.6 Å². The Hall–Kier alpha value is -1.87.